The number of aromatic nitrogens is 2. The smallest absolute Gasteiger partial charge is 0.225 e. The van der Waals surface area contributed by atoms with Gasteiger partial charge in [0, 0.05) is 0 Å². The third kappa shape index (κ3) is 3.45. The standard InChI is InChI=1S/C35H27N2/c1-24-16-17-27(28-21-20-26-19-18-25-10-6-7-13-30(25)32(26)23-28)22-31(24)35-36(2)33-14-8-9-15-34(33)37(35)29-11-4-3-5-12-29/h3-23H,1-2H3/q+1. The van der Waals surface area contributed by atoms with Crippen LogP contribution >= 0.6 is 0 Å². The lowest BCUT2D eigenvalue weighted by Crippen LogP contribution is -2.30. The number of para-hydroxylation sites is 3. The molecule has 37 heavy (non-hydrogen) atoms. The van der Waals surface area contributed by atoms with Crippen LogP contribution in [0.1, 0.15) is 5.56 Å². The molecule has 0 spiro atoms. The van der Waals surface area contributed by atoms with Gasteiger partial charge in [0.15, 0.2) is 11.0 Å². The highest BCUT2D eigenvalue weighted by molar-refractivity contribution is 6.08. The fourth-order valence-electron chi connectivity index (χ4n) is 5.68. The molecule has 0 aliphatic heterocycles. The number of hydrogen-bond donors (Lipinski definition) is 0. The molecule has 2 heteroatoms. The molecule has 0 atom stereocenters. The number of nitrogens with zero attached hydrogens (tertiary/aromatic N) is 2. The lowest BCUT2D eigenvalue weighted by Gasteiger charge is -2.11. The first-order valence-electron chi connectivity index (χ1n) is 12.8. The van der Waals surface area contributed by atoms with E-state index >= 15 is 0 Å². The summed E-state index contributed by atoms with van der Waals surface area (Å²) < 4.78 is 4.71. The molecule has 0 aliphatic rings. The van der Waals surface area contributed by atoms with Gasteiger partial charge < -0.3 is 0 Å². The topological polar surface area (TPSA) is 8.81 Å². The van der Waals surface area contributed by atoms with Crippen LogP contribution in [-0.4, -0.2) is 4.57 Å². The van der Waals surface area contributed by atoms with E-state index in [1.54, 1.807) is 0 Å². The summed E-state index contributed by atoms with van der Waals surface area (Å²) in [6.45, 7) is 2.21. The summed E-state index contributed by atoms with van der Waals surface area (Å²) >= 11 is 0. The Labute approximate surface area is 216 Å². The van der Waals surface area contributed by atoms with E-state index in [0.29, 0.717) is 0 Å². The maximum Gasteiger partial charge on any atom is 0.295 e. The molecular weight excluding hydrogens is 448 g/mol. The van der Waals surface area contributed by atoms with Crippen molar-refractivity contribution >= 4 is 32.6 Å². The van der Waals surface area contributed by atoms with Crippen LogP contribution in [0.2, 0.25) is 0 Å². The van der Waals surface area contributed by atoms with Gasteiger partial charge >= 0.3 is 0 Å². The summed E-state index contributed by atoms with van der Waals surface area (Å²) in [5.74, 6) is 1.18. The van der Waals surface area contributed by atoms with E-state index < -0.39 is 0 Å². The Kier molecular flexibility index (Phi) is 4.93. The molecule has 1 heterocycles. The molecule has 1 aromatic heterocycles. The van der Waals surface area contributed by atoms with Gasteiger partial charge in [0.25, 0.3) is 5.82 Å². The van der Waals surface area contributed by atoms with Crippen molar-refractivity contribution in [2.24, 2.45) is 7.05 Å². The van der Waals surface area contributed by atoms with Gasteiger partial charge in [-0.3, -0.25) is 0 Å². The average molecular weight is 476 g/mol. The van der Waals surface area contributed by atoms with E-state index in [-0.39, 0.29) is 0 Å². The minimum atomic E-state index is 1.16. The van der Waals surface area contributed by atoms with Gasteiger partial charge in [0.1, 0.15) is 5.69 Å². The Morgan fingerprint density at radius 3 is 2.08 bits per heavy atom. The zero-order chi connectivity index (χ0) is 24.9. The predicted octanol–water partition coefficient (Wildman–Crippen LogP) is 8.40. The third-order valence-corrected chi connectivity index (χ3v) is 7.59. The summed E-state index contributed by atoms with van der Waals surface area (Å²) in [6, 6.07) is 46.1. The van der Waals surface area contributed by atoms with E-state index in [0.717, 1.165) is 5.69 Å². The van der Waals surface area contributed by atoms with Gasteiger partial charge in [0.05, 0.1) is 12.6 Å². The Morgan fingerprint density at radius 1 is 0.568 bits per heavy atom. The molecule has 0 fully saturated rings. The molecule has 0 radical (unpaired) electrons. The molecule has 0 amide bonds. The monoisotopic (exact) mass is 475 g/mol. The van der Waals surface area contributed by atoms with Crippen molar-refractivity contribution < 1.29 is 4.57 Å². The highest BCUT2D eigenvalue weighted by Gasteiger charge is 2.27. The van der Waals surface area contributed by atoms with Gasteiger partial charge in [-0.2, -0.15) is 4.57 Å². The number of aryl methyl sites for hydroxylation is 2. The largest absolute Gasteiger partial charge is 0.295 e. The maximum atomic E-state index is 2.38. The number of fused-ring (bicyclic) bond motifs is 4. The summed E-state index contributed by atoms with van der Waals surface area (Å²) in [5, 5.41) is 5.13. The van der Waals surface area contributed by atoms with Crippen molar-refractivity contribution in [1.82, 2.24) is 4.57 Å². The Bertz CT molecular complexity index is 1940. The van der Waals surface area contributed by atoms with Crippen LogP contribution in [0.15, 0.2) is 127 Å². The zero-order valence-electron chi connectivity index (χ0n) is 21.0. The molecule has 6 aromatic carbocycles. The number of rotatable bonds is 3. The normalized spacial score (nSPS) is 11.5. The molecule has 2 nitrogen and oxygen atoms in total. The molecule has 7 rings (SSSR count). The van der Waals surface area contributed by atoms with Crippen LogP contribution in [0.4, 0.5) is 0 Å². The quantitative estimate of drug-likeness (QED) is 0.179. The van der Waals surface area contributed by atoms with Crippen molar-refractivity contribution in [2.75, 3.05) is 0 Å². The second-order valence-electron chi connectivity index (χ2n) is 9.79. The lowest BCUT2D eigenvalue weighted by atomic mass is 9.95. The first-order chi connectivity index (χ1) is 18.2. The Hall–Kier alpha value is -4.69. The van der Waals surface area contributed by atoms with E-state index in [2.05, 4.69) is 150 Å². The van der Waals surface area contributed by atoms with Crippen LogP contribution in [0.5, 0.6) is 0 Å². The molecule has 0 saturated carbocycles. The average Bonchev–Trinajstić information content (AvgIpc) is 3.25. The van der Waals surface area contributed by atoms with E-state index in [1.165, 1.54) is 60.7 Å². The molecule has 176 valence electrons. The van der Waals surface area contributed by atoms with Crippen molar-refractivity contribution in [3.63, 3.8) is 0 Å². The second-order valence-corrected chi connectivity index (χ2v) is 9.79. The Morgan fingerprint density at radius 2 is 1.22 bits per heavy atom. The van der Waals surface area contributed by atoms with Crippen molar-refractivity contribution in [3.8, 4) is 28.2 Å². The highest BCUT2D eigenvalue weighted by Crippen LogP contribution is 2.34. The first-order valence-corrected chi connectivity index (χ1v) is 12.8. The van der Waals surface area contributed by atoms with E-state index in [1.807, 2.05) is 0 Å². The molecule has 0 unspecified atom stereocenters. The predicted molar refractivity (Wildman–Crippen MR) is 155 cm³/mol. The summed E-state index contributed by atoms with van der Waals surface area (Å²) in [4.78, 5) is 0. The molecule has 7 aromatic rings. The summed E-state index contributed by atoms with van der Waals surface area (Å²) in [7, 11) is 2.17. The van der Waals surface area contributed by atoms with Crippen molar-refractivity contribution in [1.29, 1.82) is 0 Å². The number of imidazole rings is 1. The van der Waals surface area contributed by atoms with Crippen molar-refractivity contribution in [2.45, 2.75) is 6.92 Å². The van der Waals surface area contributed by atoms with Gasteiger partial charge in [0.2, 0.25) is 0 Å². The van der Waals surface area contributed by atoms with Gasteiger partial charge in [-0.1, -0.05) is 91.0 Å². The van der Waals surface area contributed by atoms with Crippen molar-refractivity contribution in [3.05, 3.63) is 133 Å². The number of hydrogen-bond acceptors (Lipinski definition) is 0. The van der Waals surface area contributed by atoms with Crippen LogP contribution in [-0.2, 0) is 7.05 Å². The van der Waals surface area contributed by atoms with E-state index in [9.17, 15) is 0 Å². The molecule has 0 N–H and O–H groups in total. The second kappa shape index (κ2) is 8.46. The van der Waals surface area contributed by atoms with Crippen LogP contribution in [0.3, 0.4) is 0 Å². The molecule has 0 aliphatic carbocycles. The SMILES string of the molecule is Cc1ccc(-c2ccc3ccc4ccccc4c3c2)cc1-c1n(-c2ccccc2)c2ccccc2[n+]1C. The minimum Gasteiger partial charge on any atom is -0.225 e. The van der Waals surface area contributed by atoms with Gasteiger partial charge in [-0.05, 0) is 81.6 Å². The highest BCUT2D eigenvalue weighted by atomic mass is 15.2. The minimum absolute atomic E-state index is 1.16. The summed E-state index contributed by atoms with van der Waals surface area (Å²) in [5.41, 5.74) is 8.52. The number of benzene rings is 6. The summed E-state index contributed by atoms with van der Waals surface area (Å²) in [6.07, 6.45) is 0. The maximum absolute atomic E-state index is 2.38. The third-order valence-electron chi connectivity index (χ3n) is 7.59. The van der Waals surface area contributed by atoms with Crippen LogP contribution in [0.25, 0.3) is 60.8 Å². The fourth-order valence-corrected chi connectivity index (χ4v) is 5.68. The fraction of sp³-hybridized carbons (Fsp3) is 0.0571. The van der Waals surface area contributed by atoms with Crippen LogP contribution in [0, 0.1) is 6.92 Å². The molecule has 0 bridgehead atoms. The van der Waals surface area contributed by atoms with E-state index in [4.69, 9.17) is 0 Å². The Balaban J connectivity index is 1.48. The molecule has 0 saturated heterocycles. The zero-order valence-corrected chi connectivity index (χ0v) is 21.0. The first kappa shape index (κ1) is 21.6. The lowest BCUT2D eigenvalue weighted by molar-refractivity contribution is -0.633. The van der Waals surface area contributed by atoms with Gasteiger partial charge in [-0.15, -0.1) is 0 Å². The van der Waals surface area contributed by atoms with Gasteiger partial charge in [-0.25, -0.2) is 4.57 Å². The molecular formula is C35H27N2+. The van der Waals surface area contributed by atoms with Crippen LogP contribution < -0.4 is 4.57 Å².